The van der Waals surface area contributed by atoms with Crippen LogP contribution in [-0.4, -0.2) is 16.3 Å². The molecule has 4 heteroatoms. The zero-order valence-corrected chi connectivity index (χ0v) is 6.87. The van der Waals surface area contributed by atoms with E-state index in [2.05, 4.69) is 14.1 Å². The van der Waals surface area contributed by atoms with Crippen molar-refractivity contribution < 1.29 is 4.99 Å². The highest BCUT2D eigenvalue weighted by molar-refractivity contribution is 14.2. The van der Waals surface area contributed by atoms with Gasteiger partial charge in [0.2, 0.25) is 0 Å². The fraction of sp³-hybridized carbons (Fsp3) is 0. The molecule has 0 bridgehead atoms. The predicted octanol–water partition coefficient (Wildman–Crippen LogP) is -1.29. The van der Waals surface area contributed by atoms with E-state index in [1.807, 2.05) is 10.2 Å². The Bertz CT molecular complexity index is 202. The summed E-state index contributed by atoms with van der Waals surface area (Å²) in [5, 5.41) is 0. The fourth-order valence-electron chi connectivity index (χ4n) is 0.423. The molecule has 1 heterocycles. The number of halogens is 1. The summed E-state index contributed by atoms with van der Waals surface area (Å²) in [7, 11) is 0. The standard InChI is InChI=1S/C5H6IN3/c7-4-9-5-1-2-6-3-8-5/h1-4H,(H2,7,8,9)/p+1. The second kappa shape index (κ2) is 3.49. The van der Waals surface area contributed by atoms with Crippen LogP contribution in [0.5, 0.6) is 0 Å². The molecule has 0 saturated carbocycles. The molecule has 48 valence electrons. The van der Waals surface area contributed by atoms with Gasteiger partial charge in [0.25, 0.3) is 5.84 Å². The number of aliphatic imine (C=N–C) groups is 1. The predicted molar refractivity (Wildman–Crippen MR) is 47.9 cm³/mol. The van der Waals surface area contributed by atoms with Crippen LogP contribution in [0.1, 0.15) is 0 Å². The van der Waals surface area contributed by atoms with Crippen molar-refractivity contribution >= 4 is 37.0 Å². The molecule has 0 fully saturated rings. The molecule has 0 saturated heterocycles. The van der Waals surface area contributed by atoms with Gasteiger partial charge in [0.15, 0.2) is 6.34 Å². The number of nitrogens with two attached hydrogens (primary N) is 1. The first-order chi connectivity index (χ1) is 4.43. The van der Waals surface area contributed by atoms with Gasteiger partial charge in [0.1, 0.15) is 4.14 Å². The SMILES string of the molecule is NC=[NH+]C1=NC=IC=C1. The number of rotatable bonds is 0. The molecular weight excluding hydrogens is 229 g/mol. The van der Waals surface area contributed by atoms with E-state index < -0.39 is 0 Å². The van der Waals surface area contributed by atoms with Crippen LogP contribution in [0.2, 0.25) is 0 Å². The quantitative estimate of drug-likeness (QED) is 0.307. The molecule has 3 nitrogen and oxygen atoms in total. The maximum Gasteiger partial charge on any atom is 0.260 e. The van der Waals surface area contributed by atoms with E-state index in [0.717, 1.165) is 5.84 Å². The maximum atomic E-state index is 5.10. The Morgan fingerprint density at radius 2 is 2.67 bits per heavy atom. The van der Waals surface area contributed by atoms with Gasteiger partial charge in [-0.05, 0) is 4.08 Å². The zero-order chi connectivity index (χ0) is 6.53. The third-order valence-electron chi connectivity index (χ3n) is 0.769. The first kappa shape index (κ1) is 6.60. The van der Waals surface area contributed by atoms with Gasteiger partial charge >= 0.3 is 0 Å². The van der Waals surface area contributed by atoms with E-state index in [0.29, 0.717) is 0 Å². The normalized spacial score (nSPS) is 17.6. The lowest BCUT2D eigenvalue weighted by molar-refractivity contribution is -0.308. The second-order valence-corrected chi connectivity index (χ2v) is 3.34. The molecule has 0 aromatic heterocycles. The number of hydrogen-bond donors (Lipinski definition) is 2. The zero-order valence-electron chi connectivity index (χ0n) is 4.71. The largest absolute Gasteiger partial charge is 0.325 e. The van der Waals surface area contributed by atoms with Crippen molar-refractivity contribution in [3.63, 3.8) is 0 Å². The van der Waals surface area contributed by atoms with Crippen LogP contribution in [-0.2, 0) is 0 Å². The summed E-state index contributed by atoms with van der Waals surface area (Å²) in [6, 6.07) is 0. The van der Waals surface area contributed by atoms with Crippen LogP contribution in [0, 0.1) is 0 Å². The van der Waals surface area contributed by atoms with E-state index >= 15 is 0 Å². The van der Waals surface area contributed by atoms with Gasteiger partial charge in [0, 0.05) is 6.08 Å². The van der Waals surface area contributed by atoms with Crippen molar-refractivity contribution in [1.82, 2.24) is 0 Å². The van der Waals surface area contributed by atoms with Crippen molar-refractivity contribution in [1.29, 1.82) is 0 Å². The highest BCUT2D eigenvalue weighted by Crippen LogP contribution is 1.99. The lowest BCUT2D eigenvalue weighted by Gasteiger charge is -1.84. The second-order valence-electron chi connectivity index (χ2n) is 1.34. The fourth-order valence-corrected chi connectivity index (χ4v) is 1.62. The summed E-state index contributed by atoms with van der Waals surface area (Å²) in [4.78, 5) is 6.84. The first-order valence-electron chi connectivity index (χ1n) is 2.41. The highest BCUT2D eigenvalue weighted by Gasteiger charge is 1.93. The van der Waals surface area contributed by atoms with Gasteiger partial charge in [-0.25, -0.2) is 0 Å². The summed E-state index contributed by atoms with van der Waals surface area (Å²) in [5.74, 6) is 0.823. The summed E-state index contributed by atoms with van der Waals surface area (Å²) < 4.78 is 4.06. The van der Waals surface area contributed by atoms with E-state index in [9.17, 15) is 0 Å². The monoisotopic (exact) mass is 236 g/mol. The van der Waals surface area contributed by atoms with E-state index in [1.54, 1.807) is 0 Å². The molecule has 0 spiro atoms. The molecule has 0 aliphatic carbocycles. The Morgan fingerprint density at radius 1 is 1.78 bits per heavy atom. The molecular formula is C5H7IN3+. The Balaban J connectivity index is 2.72. The van der Waals surface area contributed by atoms with Gasteiger partial charge in [-0.3, -0.25) is 4.99 Å². The summed E-state index contributed by atoms with van der Waals surface area (Å²) in [5.41, 5.74) is 5.10. The van der Waals surface area contributed by atoms with Crippen LogP contribution in [0.25, 0.3) is 0 Å². The van der Waals surface area contributed by atoms with Crippen molar-refractivity contribution in [3.8, 4) is 0 Å². The lowest BCUT2D eigenvalue weighted by atomic mass is 10.6. The Hall–Kier alpha value is -0.520. The van der Waals surface area contributed by atoms with Crippen molar-refractivity contribution in [2.24, 2.45) is 10.7 Å². The number of nitrogens with zero attached hydrogens (tertiary/aromatic N) is 1. The van der Waals surface area contributed by atoms with Crippen LogP contribution in [0.3, 0.4) is 0 Å². The van der Waals surface area contributed by atoms with Gasteiger partial charge < -0.3 is 5.73 Å². The molecule has 1 aliphatic heterocycles. The van der Waals surface area contributed by atoms with E-state index in [4.69, 9.17) is 5.73 Å². The Kier molecular flexibility index (Phi) is 2.56. The van der Waals surface area contributed by atoms with Crippen LogP contribution >= 0.6 is 20.7 Å². The maximum absolute atomic E-state index is 5.10. The van der Waals surface area contributed by atoms with Gasteiger partial charge in [0.05, 0.1) is 0 Å². The van der Waals surface area contributed by atoms with Crippen molar-refractivity contribution in [2.45, 2.75) is 0 Å². The summed E-state index contributed by atoms with van der Waals surface area (Å²) in [6.07, 6.45) is 3.32. The van der Waals surface area contributed by atoms with Crippen LogP contribution in [0.15, 0.2) is 15.2 Å². The molecule has 0 amide bonds. The number of hydrogen-bond acceptors (Lipinski definition) is 1. The molecule has 9 heavy (non-hydrogen) atoms. The minimum atomic E-state index is 0.0884. The minimum absolute atomic E-state index is 0.0884. The average molecular weight is 236 g/mol. The highest BCUT2D eigenvalue weighted by atomic mass is 127. The van der Waals surface area contributed by atoms with Gasteiger partial charge in [-0.15, -0.1) is 4.99 Å². The molecule has 3 N–H and O–H groups in total. The molecule has 0 unspecified atom stereocenters. The average Bonchev–Trinajstić information content (AvgIpc) is 1.91. The van der Waals surface area contributed by atoms with Crippen LogP contribution in [0.4, 0.5) is 0 Å². The smallest absolute Gasteiger partial charge is 0.260 e. The van der Waals surface area contributed by atoms with Gasteiger partial charge in [-0.1, -0.05) is 20.7 Å². The lowest BCUT2D eigenvalue weighted by Crippen LogP contribution is -2.74. The summed E-state index contributed by atoms with van der Waals surface area (Å²) >= 11 is 0.0884. The van der Waals surface area contributed by atoms with E-state index in [1.165, 1.54) is 6.34 Å². The number of amidine groups is 1. The number of nitrogens with one attached hydrogen (secondary N) is 1. The Labute approximate surface area is 63.1 Å². The van der Waals surface area contributed by atoms with Crippen molar-refractivity contribution in [3.05, 3.63) is 10.2 Å². The molecule has 1 aliphatic rings. The van der Waals surface area contributed by atoms with Gasteiger partial charge in [-0.2, -0.15) is 0 Å². The molecule has 0 atom stereocenters. The first-order valence-corrected chi connectivity index (χ1v) is 4.90. The molecule has 1 rings (SSSR count). The third-order valence-corrected chi connectivity index (χ3v) is 2.14. The molecule has 0 aromatic carbocycles. The third kappa shape index (κ3) is 2.05. The topological polar surface area (TPSA) is 52.4 Å². The van der Waals surface area contributed by atoms with E-state index in [-0.39, 0.29) is 20.7 Å². The molecule has 0 aromatic rings. The van der Waals surface area contributed by atoms with Crippen molar-refractivity contribution in [2.75, 3.05) is 0 Å². The summed E-state index contributed by atoms with van der Waals surface area (Å²) in [6.45, 7) is 0. The molecule has 0 radical (unpaired) electrons. The van der Waals surface area contributed by atoms with Crippen LogP contribution < -0.4 is 10.7 Å². The minimum Gasteiger partial charge on any atom is -0.325 e. The Morgan fingerprint density at radius 3 is 3.22 bits per heavy atom.